The van der Waals surface area contributed by atoms with Crippen LogP contribution in [0.25, 0.3) is 0 Å². The maximum absolute atomic E-state index is 11.8. The molecule has 0 saturated carbocycles. The highest BCUT2D eigenvalue weighted by Gasteiger charge is 2.28. The fraction of sp³-hybridized carbons (Fsp3) is 0.667. The molecule has 0 amide bonds. The Hall–Kier alpha value is -1.04. The van der Waals surface area contributed by atoms with Crippen molar-refractivity contribution in [2.24, 2.45) is 0 Å². The van der Waals surface area contributed by atoms with E-state index in [1.165, 1.54) is 6.33 Å². The SMILES string of the molecule is CC(C)(C)S(=O)(=O)CCn1cnc(N)c1. The average molecular weight is 231 g/mol. The highest BCUT2D eigenvalue weighted by Crippen LogP contribution is 2.16. The van der Waals surface area contributed by atoms with Gasteiger partial charge >= 0.3 is 0 Å². The molecular weight excluding hydrogens is 214 g/mol. The van der Waals surface area contributed by atoms with Crippen LogP contribution in [0.5, 0.6) is 0 Å². The molecule has 0 saturated heterocycles. The topological polar surface area (TPSA) is 78.0 Å². The van der Waals surface area contributed by atoms with Crippen molar-refractivity contribution in [1.29, 1.82) is 0 Å². The Balaban J connectivity index is 2.66. The van der Waals surface area contributed by atoms with Gasteiger partial charge in [0.2, 0.25) is 0 Å². The quantitative estimate of drug-likeness (QED) is 0.829. The number of anilines is 1. The summed E-state index contributed by atoms with van der Waals surface area (Å²) in [6.45, 7) is 5.49. The summed E-state index contributed by atoms with van der Waals surface area (Å²) >= 11 is 0. The van der Waals surface area contributed by atoms with Crippen LogP contribution in [0.4, 0.5) is 5.82 Å². The van der Waals surface area contributed by atoms with Gasteiger partial charge in [-0.1, -0.05) is 0 Å². The zero-order chi connectivity index (χ0) is 11.7. The molecule has 0 bridgehead atoms. The van der Waals surface area contributed by atoms with Crippen LogP contribution in [0.1, 0.15) is 20.8 Å². The van der Waals surface area contributed by atoms with Crippen LogP contribution in [0.3, 0.4) is 0 Å². The number of hydrogen-bond donors (Lipinski definition) is 1. The Bertz CT molecular complexity index is 428. The fourth-order valence-corrected chi connectivity index (χ4v) is 2.09. The first-order valence-electron chi connectivity index (χ1n) is 4.72. The van der Waals surface area contributed by atoms with Crippen LogP contribution in [-0.2, 0) is 16.4 Å². The molecule has 0 aromatic carbocycles. The third kappa shape index (κ3) is 2.95. The van der Waals surface area contributed by atoms with Gasteiger partial charge in [-0.25, -0.2) is 13.4 Å². The minimum absolute atomic E-state index is 0.103. The van der Waals surface area contributed by atoms with Crippen molar-refractivity contribution < 1.29 is 8.42 Å². The van der Waals surface area contributed by atoms with Crippen LogP contribution in [0, 0.1) is 0 Å². The number of nitrogens with zero attached hydrogens (tertiary/aromatic N) is 2. The standard InChI is InChI=1S/C9H17N3O2S/c1-9(2,3)15(13,14)5-4-12-6-8(10)11-7-12/h6-7H,4-5,10H2,1-3H3. The Morgan fingerprint density at radius 2 is 2.07 bits per heavy atom. The van der Waals surface area contributed by atoms with Gasteiger partial charge in [0.05, 0.1) is 16.8 Å². The van der Waals surface area contributed by atoms with E-state index in [0.29, 0.717) is 12.4 Å². The average Bonchev–Trinajstić information content (AvgIpc) is 2.46. The minimum atomic E-state index is -3.08. The van der Waals surface area contributed by atoms with Gasteiger partial charge in [-0.3, -0.25) is 0 Å². The van der Waals surface area contributed by atoms with E-state index < -0.39 is 14.6 Å². The highest BCUT2D eigenvalue weighted by molar-refractivity contribution is 7.92. The number of aromatic nitrogens is 2. The Kier molecular flexibility index (Phi) is 3.08. The molecule has 1 aromatic rings. The van der Waals surface area contributed by atoms with E-state index in [1.807, 2.05) is 0 Å². The third-order valence-corrected chi connectivity index (χ3v) is 4.79. The lowest BCUT2D eigenvalue weighted by Crippen LogP contribution is -2.31. The molecule has 0 unspecified atom stereocenters. The molecule has 86 valence electrons. The first-order chi connectivity index (χ1) is 6.72. The number of nitrogens with two attached hydrogens (primary N) is 1. The van der Waals surface area contributed by atoms with E-state index in [-0.39, 0.29) is 5.75 Å². The molecule has 0 aliphatic rings. The van der Waals surface area contributed by atoms with Crippen molar-refractivity contribution in [2.45, 2.75) is 32.1 Å². The molecule has 1 rings (SSSR count). The number of aryl methyl sites for hydroxylation is 1. The molecule has 0 aliphatic carbocycles. The maximum atomic E-state index is 11.8. The van der Waals surface area contributed by atoms with Gasteiger partial charge in [0, 0.05) is 12.7 Å². The van der Waals surface area contributed by atoms with Crippen LogP contribution in [0.2, 0.25) is 0 Å². The van der Waals surface area contributed by atoms with E-state index in [2.05, 4.69) is 4.98 Å². The lowest BCUT2D eigenvalue weighted by molar-refractivity contribution is 0.554. The van der Waals surface area contributed by atoms with Crippen molar-refractivity contribution in [3.8, 4) is 0 Å². The normalized spacial score (nSPS) is 13.0. The van der Waals surface area contributed by atoms with Crippen LogP contribution >= 0.6 is 0 Å². The molecule has 5 nitrogen and oxygen atoms in total. The Morgan fingerprint density at radius 3 is 2.47 bits per heavy atom. The molecule has 0 aliphatic heterocycles. The smallest absolute Gasteiger partial charge is 0.156 e. The first kappa shape index (κ1) is 12.0. The van der Waals surface area contributed by atoms with Gasteiger partial charge in [-0.05, 0) is 20.8 Å². The van der Waals surface area contributed by atoms with Crippen molar-refractivity contribution >= 4 is 15.7 Å². The van der Waals surface area contributed by atoms with Gasteiger partial charge in [0.15, 0.2) is 9.84 Å². The summed E-state index contributed by atoms with van der Waals surface area (Å²) in [5.74, 6) is 0.509. The monoisotopic (exact) mass is 231 g/mol. The molecule has 15 heavy (non-hydrogen) atoms. The Labute approximate surface area is 90.2 Å². The van der Waals surface area contributed by atoms with E-state index in [4.69, 9.17) is 5.73 Å². The number of nitrogen functional groups attached to an aromatic ring is 1. The minimum Gasteiger partial charge on any atom is -0.382 e. The molecular formula is C9H17N3O2S. The van der Waals surface area contributed by atoms with E-state index in [0.717, 1.165) is 0 Å². The number of imidazole rings is 1. The molecule has 1 heterocycles. The van der Waals surface area contributed by atoms with Gasteiger partial charge in [-0.2, -0.15) is 0 Å². The van der Waals surface area contributed by atoms with Gasteiger partial charge < -0.3 is 10.3 Å². The predicted molar refractivity (Wildman–Crippen MR) is 60.2 cm³/mol. The number of sulfone groups is 1. The van der Waals surface area contributed by atoms with Crippen molar-refractivity contribution in [2.75, 3.05) is 11.5 Å². The molecule has 6 heteroatoms. The summed E-state index contributed by atoms with van der Waals surface area (Å²) in [4.78, 5) is 3.83. The van der Waals surface area contributed by atoms with Gasteiger partial charge in [0.25, 0.3) is 0 Å². The Morgan fingerprint density at radius 1 is 1.47 bits per heavy atom. The lowest BCUT2D eigenvalue weighted by atomic mass is 10.3. The second-order valence-electron chi connectivity index (χ2n) is 4.47. The highest BCUT2D eigenvalue weighted by atomic mass is 32.2. The zero-order valence-corrected chi connectivity index (χ0v) is 10.1. The molecule has 1 aromatic heterocycles. The predicted octanol–water partition coefficient (Wildman–Crippen LogP) is 0.679. The summed E-state index contributed by atoms with van der Waals surface area (Å²) in [7, 11) is -3.08. The van der Waals surface area contributed by atoms with Crippen molar-refractivity contribution in [3.05, 3.63) is 12.5 Å². The summed E-state index contributed by atoms with van der Waals surface area (Å²) < 4.78 is 24.5. The zero-order valence-electron chi connectivity index (χ0n) is 9.27. The second kappa shape index (κ2) is 3.84. The lowest BCUT2D eigenvalue weighted by Gasteiger charge is -2.18. The van der Waals surface area contributed by atoms with Gasteiger partial charge in [-0.15, -0.1) is 0 Å². The summed E-state index contributed by atoms with van der Waals surface area (Å²) in [6, 6.07) is 0. The van der Waals surface area contributed by atoms with E-state index >= 15 is 0 Å². The summed E-state index contributed by atoms with van der Waals surface area (Å²) in [5, 5.41) is 0. The maximum Gasteiger partial charge on any atom is 0.156 e. The number of rotatable bonds is 3. The van der Waals surface area contributed by atoms with Crippen LogP contribution in [-0.4, -0.2) is 28.5 Å². The largest absolute Gasteiger partial charge is 0.382 e. The van der Waals surface area contributed by atoms with E-state index in [1.54, 1.807) is 31.5 Å². The van der Waals surface area contributed by atoms with Crippen LogP contribution < -0.4 is 5.73 Å². The van der Waals surface area contributed by atoms with Crippen molar-refractivity contribution in [1.82, 2.24) is 9.55 Å². The molecule has 0 atom stereocenters. The third-order valence-electron chi connectivity index (χ3n) is 2.20. The molecule has 2 N–H and O–H groups in total. The molecule has 0 radical (unpaired) electrons. The first-order valence-corrected chi connectivity index (χ1v) is 6.37. The molecule has 0 spiro atoms. The summed E-state index contributed by atoms with van der Waals surface area (Å²) in [5.41, 5.74) is 5.42. The second-order valence-corrected chi connectivity index (χ2v) is 7.33. The summed E-state index contributed by atoms with van der Waals surface area (Å²) in [6.07, 6.45) is 3.16. The van der Waals surface area contributed by atoms with Gasteiger partial charge in [0.1, 0.15) is 5.82 Å². The fourth-order valence-electron chi connectivity index (χ4n) is 1.03. The van der Waals surface area contributed by atoms with E-state index in [9.17, 15) is 8.42 Å². The van der Waals surface area contributed by atoms with Crippen LogP contribution in [0.15, 0.2) is 12.5 Å². The molecule has 0 fully saturated rings. The number of hydrogen-bond acceptors (Lipinski definition) is 4. The van der Waals surface area contributed by atoms with Crippen molar-refractivity contribution in [3.63, 3.8) is 0 Å².